The molecule has 0 radical (unpaired) electrons. The van der Waals surface area contributed by atoms with E-state index in [2.05, 4.69) is 30.4 Å². The van der Waals surface area contributed by atoms with Crippen LogP contribution in [-0.2, 0) is 14.4 Å². The van der Waals surface area contributed by atoms with E-state index in [0.717, 1.165) is 6.04 Å². The Morgan fingerprint density at radius 1 is 1.56 bits per heavy atom. The van der Waals surface area contributed by atoms with Gasteiger partial charge >= 0.3 is 0 Å². The molecule has 0 aromatic heterocycles. The number of nitrogens with one attached hydrogen (secondary N) is 2. The van der Waals surface area contributed by atoms with E-state index in [-0.39, 0.29) is 11.9 Å². The second-order valence-electron chi connectivity index (χ2n) is 5.21. The van der Waals surface area contributed by atoms with Crippen LogP contribution in [0.1, 0.15) is 0 Å². The summed E-state index contributed by atoms with van der Waals surface area (Å²) >= 11 is 0. The third-order valence-electron chi connectivity index (χ3n) is 2.37. The van der Waals surface area contributed by atoms with Crippen molar-refractivity contribution in [3.05, 3.63) is 0 Å². The monoisotopic (exact) mass is 246 g/mol. The van der Waals surface area contributed by atoms with Crippen molar-refractivity contribution in [2.75, 3.05) is 26.4 Å². The zero-order chi connectivity index (χ0) is 12.0. The average Bonchev–Trinajstić information content (AvgIpc) is 2.24. The lowest BCUT2D eigenvalue weighted by Crippen LogP contribution is -2.51. The van der Waals surface area contributed by atoms with Crippen LogP contribution in [0.4, 0.5) is 0 Å². The maximum atomic E-state index is 11.6. The number of amides is 1. The maximum Gasteiger partial charge on any atom is 0.263 e. The molecule has 1 aliphatic rings. The number of carbonyl (C=O) groups excluding carboxylic acids is 1. The molecule has 1 aliphatic heterocycles. The molecule has 0 spiro atoms. The SMILES string of the molecule is C[Si](C)(C)CCONC(=O)C1COCCN1. The summed E-state index contributed by atoms with van der Waals surface area (Å²) in [6.45, 7) is 9.21. The number of carbonyl (C=O) groups is 1. The van der Waals surface area contributed by atoms with Gasteiger partial charge in [0.15, 0.2) is 0 Å². The molecule has 94 valence electrons. The lowest BCUT2D eigenvalue weighted by Gasteiger charge is -2.23. The Hall–Kier alpha value is -0.433. The molecule has 0 saturated carbocycles. The first kappa shape index (κ1) is 13.6. The average molecular weight is 246 g/mol. The van der Waals surface area contributed by atoms with Gasteiger partial charge in [-0.05, 0) is 6.04 Å². The third-order valence-corrected chi connectivity index (χ3v) is 4.07. The van der Waals surface area contributed by atoms with E-state index in [0.29, 0.717) is 26.4 Å². The summed E-state index contributed by atoms with van der Waals surface area (Å²) in [5, 5.41) is 3.07. The second kappa shape index (κ2) is 6.34. The Kier molecular flexibility index (Phi) is 5.40. The van der Waals surface area contributed by atoms with E-state index in [1.165, 1.54) is 0 Å². The summed E-state index contributed by atoms with van der Waals surface area (Å²) < 4.78 is 5.19. The normalized spacial score (nSPS) is 21.8. The molecule has 1 amide bonds. The van der Waals surface area contributed by atoms with E-state index in [1.807, 2.05) is 0 Å². The van der Waals surface area contributed by atoms with Gasteiger partial charge in [0.05, 0.1) is 19.8 Å². The number of hydroxylamine groups is 1. The van der Waals surface area contributed by atoms with Gasteiger partial charge in [0, 0.05) is 14.6 Å². The quantitative estimate of drug-likeness (QED) is 0.418. The van der Waals surface area contributed by atoms with Gasteiger partial charge < -0.3 is 10.1 Å². The summed E-state index contributed by atoms with van der Waals surface area (Å²) in [5.74, 6) is -0.143. The molecule has 1 heterocycles. The molecule has 5 nitrogen and oxygen atoms in total. The van der Waals surface area contributed by atoms with Gasteiger partial charge in [-0.25, -0.2) is 5.48 Å². The van der Waals surface area contributed by atoms with Crippen LogP contribution in [0.2, 0.25) is 25.7 Å². The first-order valence-electron chi connectivity index (χ1n) is 5.72. The van der Waals surface area contributed by atoms with Crippen LogP contribution >= 0.6 is 0 Å². The Labute approximate surface area is 97.8 Å². The van der Waals surface area contributed by atoms with Gasteiger partial charge in [0.25, 0.3) is 5.91 Å². The molecule has 1 atom stereocenters. The molecule has 0 aromatic carbocycles. The predicted molar refractivity (Wildman–Crippen MR) is 64.9 cm³/mol. The van der Waals surface area contributed by atoms with Crippen LogP contribution in [0, 0.1) is 0 Å². The zero-order valence-corrected chi connectivity index (χ0v) is 11.3. The Bertz CT molecular complexity index is 225. The highest BCUT2D eigenvalue weighted by atomic mass is 28.3. The van der Waals surface area contributed by atoms with Crippen molar-refractivity contribution in [1.82, 2.24) is 10.8 Å². The second-order valence-corrected chi connectivity index (χ2v) is 10.8. The van der Waals surface area contributed by atoms with Crippen LogP contribution in [0.25, 0.3) is 0 Å². The summed E-state index contributed by atoms with van der Waals surface area (Å²) in [6, 6.07) is 0.766. The zero-order valence-electron chi connectivity index (χ0n) is 10.3. The van der Waals surface area contributed by atoms with Gasteiger partial charge in [-0.1, -0.05) is 19.6 Å². The van der Waals surface area contributed by atoms with Crippen molar-refractivity contribution < 1.29 is 14.4 Å². The number of rotatable bonds is 5. The van der Waals surface area contributed by atoms with Crippen molar-refractivity contribution in [3.8, 4) is 0 Å². The van der Waals surface area contributed by atoms with Crippen molar-refractivity contribution >= 4 is 14.0 Å². The molecule has 6 heteroatoms. The summed E-state index contributed by atoms with van der Waals surface area (Å²) in [4.78, 5) is 16.7. The Morgan fingerprint density at radius 2 is 2.31 bits per heavy atom. The Balaban J connectivity index is 2.10. The van der Waals surface area contributed by atoms with Crippen molar-refractivity contribution in [1.29, 1.82) is 0 Å². The molecule has 2 N–H and O–H groups in total. The fourth-order valence-corrected chi connectivity index (χ4v) is 2.00. The lowest BCUT2D eigenvalue weighted by molar-refractivity contribution is -0.138. The molecule has 1 unspecified atom stereocenters. The molecular formula is C10H22N2O3Si. The minimum absolute atomic E-state index is 0.143. The molecule has 0 aromatic rings. The van der Waals surface area contributed by atoms with Crippen LogP contribution < -0.4 is 10.8 Å². The first-order valence-corrected chi connectivity index (χ1v) is 9.42. The minimum Gasteiger partial charge on any atom is -0.378 e. The summed E-state index contributed by atoms with van der Waals surface area (Å²) in [7, 11) is -1.09. The smallest absolute Gasteiger partial charge is 0.263 e. The van der Waals surface area contributed by atoms with E-state index in [1.54, 1.807) is 0 Å². The van der Waals surface area contributed by atoms with Crippen LogP contribution in [0.3, 0.4) is 0 Å². The van der Waals surface area contributed by atoms with E-state index < -0.39 is 8.07 Å². The Morgan fingerprint density at radius 3 is 2.88 bits per heavy atom. The van der Waals surface area contributed by atoms with E-state index in [9.17, 15) is 4.79 Å². The largest absolute Gasteiger partial charge is 0.378 e. The van der Waals surface area contributed by atoms with Crippen LogP contribution in [0.15, 0.2) is 0 Å². The highest BCUT2D eigenvalue weighted by Gasteiger charge is 2.21. The third kappa shape index (κ3) is 5.60. The van der Waals surface area contributed by atoms with E-state index in [4.69, 9.17) is 9.57 Å². The number of hydrogen-bond donors (Lipinski definition) is 2. The van der Waals surface area contributed by atoms with E-state index >= 15 is 0 Å². The molecular weight excluding hydrogens is 224 g/mol. The van der Waals surface area contributed by atoms with Gasteiger partial charge in [-0.2, -0.15) is 0 Å². The number of hydrogen-bond acceptors (Lipinski definition) is 4. The fraction of sp³-hybridized carbons (Fsp3) is 0.900. The highest BCUT2D eigenvalue weighted by molar-refractivity contribution is 6.76. The molecule has 16 heavy (non-hydrogen) atoms. The fourth-order valence-electron chi connectivity index (χ4n) is 1.28. The topological polar surface area (TPSA) is 59.6 Å². The van der Waals surface area contributed by atoms with Crippen molar-refractivity contribution in [2.45, 2.75) is 31.7 Å². The van der Waals surface area contributed by atoms with Crippen molar-refractivity contribution in [2.24, 2.45) is 0 Å². The predicted octanol–water partition coefficient (Wildman–Crippen LogP) is 0.361. The van der Waals surface area contributed by atoms with Crippen molar-refractivity contribution in [3.63, 3.8) is 0 Å². The number of ether oxygens (including phenoxy) is 1. The lowest BCUT2D eigenvalue weighted by atomic mass is 10.3. The first-order chi connectivity index (χ1) is 7.49. The minimum atomic E-state index is -1.09. The molecule has 1 saturated heterocycles. The molecule has 0 bridgehead atoms. The number of morpholine rings is 1. The van der Waals surface area contributed by atoms with Gasteiger partial charge in [-0.3, -0.25) is 9.63 Å². The maximum absolute atomic E-state index is 11.6. The summed E-state index contributed by atoms with van der Waals surface area (Å²) in [6.07, 6.45) is 0. The van der Waals surface area contributed by atoms with Gasteiger partial charge in [0.1, 0.15) is 6.04 Å². The molecule has 1 fully saturated rings. The summed E-state index contributed by atoms with van der Waals surface area (Å²) in [5.41, 5.74) is 2.47. The van der Waals surface area contributed by atoms with Crippen LogP contribution in [-0.4, -0.2) is 46.4 Å². The standard InChI is InChI=1S/C10H22N2O3Si/c1-16(2,3)7-6-15-12-10(13)9-8-14-5-4-11-9/h9,11H,4-8H2,1-3H3,(H,12,13). The highest BCUT2D eigenvalue weighted by Crippen LogP contribution is 2.06. The van der Waals surface area contributed by atoms with Gasteiger partial charge in [-0.15, -0.1) is 0 Å². The molecule has 0 aliphatic carbocycles. The van der Waals surface area contributed by atoms with Gasteiger partial charge in [0.2, 0.25) is 0 Å². The van der Waals surface area contributed by atoms with Crippen LogP contribution in [0.5, 0.6) is 0 Å². The molecule has 1 rings (SSSR count).